The van der Waals surface area contributed by atoms with Crippen LogP contribution in [0.5, 0.6) is 11.5 Å². The molecule has 1 fully saturated rings. The predicted molar refractivity (Wildman–Crippen MR) is 102 cm³/mol. The van der Waals surface area contributed by atoms with E-state index in [4.69, 9.17) is 21.1 Å². The first-order valence-electron chi connectivity index (χ1n) is 8.60. The average Bonchev–Trinajstić information content (AvgIpc) is 3.32. The summed E-state index contributed by atoms with van der Waals surface area (Å²) in [6.07, 6.45) is 3.39. The molecule has 1 aromatic heterocycles. The van der Waals surface area contributed by atoms with Crippen molar-refractivity contribution in [1.29, 1.82) is 0 Å². The second-order valence-corrected chi connectivity index (χ2v) is 7.64. The normalized spacial score (nSPS) is 17.2. The van der Waals surface area contributed by atoms with Crippen LogP contribution < -0.4 is 14.4 Å². The molecule has 5 nitrogen and oxygen atoms in total. The molecular formula is C19H20ClN2O3S+. The lowest BCUT2D eigenvalue weighted by atomic mass is 10.2. The Labute approximate surface area is 161 Å². The van der Waals surface area contributed by atoms with E-state index in [9.17, 15) is 4.79 Å². The maximum absolute atomic E-state index is 12.5. The summed E-state index contributed by atoms with van der Waals surface area (Å²) >= 11 is 7.91. The molecule has 2 aliphatic rings. The number of hydrogen-bond donors (Lipinski definition) is 1. The van der Waals surface area contributed by atoms with E-state index in [-0.39, 0.29) is 12.7 Å². The van der Waals surface area contributed by atoms with Crippen molar-refractivity contribution in [2.24, 2.45) is 0 Å². The van der Waals surface area contributed by atoms with Gasteiger partial charge in [0.25, 0.3) is 0 Å². The number of nitrogens with one attached hydrogen (secondary N) is 1. The molecule has 0 atom stereocenters. The second-order valence-electron chi connectivity index (χ2n) is 6.45. The Morgan fingerprint density at radius 2 is 2.15 bits per heavy atom. The molecule has 0 aliphatic carbocycles. The van der Waals surface area contributed by atoms with E-state index in [0.29, 0.717) is 16.5 Å². The van der Waals surface area contributed by atoms with Gasteiger partial charge in [0.1, 0.15) is 6.54 Å². The van der Waals surface area contributed by atoms with Crippen molar-refractivity contribution in [1.82, 2.24) is 4.90 Å². The Morgan fingerprint density at radius 1 is 1.31 bits per heavy atom. The van der Waals surface area contributed by atoms with Gasteiger partial charge in [0, 0.05) is 11.6 Å². The van der Waals surface area contributed by atoms with Gasteiger partial charge in [0.15, 0.2) is 11.5 Å². The zero-order valence-corrected chi connectivity index (χ0v) is 15.8. The molecule has 26 heavy (non-hydrogen) atoms. The van der Waals surface area contributed by atoms with Crippen LogP contribution in [0.15, 0.2) is 35.0 Å². The van der Waals surface area contributed by atoms with Crippen molar-refractivity contribution >= 4 is 34.9 Å². The van der Waals surface area contributed by atoms with Gasteiger partial charge in [-0.2, -0.15) is 11.3 Å². The highest BCUT2D eigenvalue weighted by atomic mass is 35.5. The average molecular weight is 392 g/mol. The van der Waals surface area contributed by atoms with E-state index in [1.807, 2.05) is 11.0 Å². The van der Waals surface area contributed by atoms with Gasteiger partial charge in [-0.05, 0) is 40.6 Å². The predicted octanol–water partition coefficient (Wildman–Crippen LogP) is 2.07. The van der Waals surface area contributed by atoms with Gasteiger partial charge in [-0.3, -0.25) is 4.79 Å². The molecule has 1 N–H and O–H groups in total. The number of benzene rings is 1. The van der Waals surface area contributed by atoms with Gasteiger partial charge in [-0.1, -0.05) is 11.6 Å². The van der Waals surface area contributed by atoms with Crippen LogP contribution in [0, 0.1) is 0 Å². The fraction of sp³-hybridized carbons (Fsp3) is 0.316. The Hall–Kier alpha value is -2.02. The van der Waals surface area contributed by atoms with Gasteiger partial charge in [-0.15, -0.1) is 0 Å². The minimum Gasteiger partial charge on any atom is -0.454 e. The summed E-state index contributed by atoms with van der Waals surface area (Å²) in [5, 5.41) is 4.81. The molecular weight excluding hydrogens is 372 g/mol. The summed E-state index contributed by atoms with van der Waals surface area (Å²) in [5.74, 6) is 1.23. The fourth-order valence-corrected chi connectivity index (χ4v) is 4.20. The van der Waals surface area contributed by atoms with Crippen LogP contribution >= 0.6 is 22.9 Å². The van der Waals surface area contributed by atoms with Gasteiger partial charge in [0.2, 0.25) is 12.7 Å². The highest BCUT2D eigenvalue weighted by molar-refractivity contribution is 7.07. The number of amides is 1. The molecule has 0 unspecified atom stereocenters. The number of piperazine rings is 1. The highest BCUT2D eigenvalue weighted by Gasteiger charge is 2.23. The first-order valence-corrected chi connectivity index (χ1v) is 9.92. The van der Waals surface area contributed by atoms with Crippen LogP contribution in [0.1, 0.15) is 11.1 Å². The summed E-state index contributed by atoms with van der Waals surface area (Å²) in [5.41, 5.74) is 2.21. The third-order valence-electron chi connectivity index (χ3n) is 4.68. The smallest absolute Gasteiger partial charge is 0.246 e. The molecule has 3 heterocycles. The van der Waals surface area contributed by atoms with E-state index in [1.54, 1.807) is 29.6 Å². The highest BCUT2D eigenvalue weighted by Crippen LogP contribution is 2.40. The Balaban J connectivity index is 1.33. The Morgan fingerprint density at radius 3 is 2.92 bits per heavy atom. The number of rotatable bonds is 4. The zero-order valence-electron chi connectivity index (χ0n) is 14.2. The summed E-state index contributed by atoms with van der Waals surface area (Å²) in [6, 6.07) is 5.79. The van der Waals surface area contributed by atoms with Crippen molar-refractivity contribution < 1.29 is 19.2 Å². The van der Waals surface area contributed by atoms with Crippen LogP contribution in [0.3, 0.4) is 0 Å². The molecule has 136 valence electrons. The number of nitrogens with zero attached hydrogens (tertiary/aromatic N) is 1. The molecule has 0 spiro atoms. The van der Waals surface area contributed by atoms with Crippen molar-refractivity contribution in [2.45, 2.75) is 6.54 Å². The van der Waals surface area contributed by atoms with Crippen LogP contribution in [-0.2, 0) is 11.3 Å². The van der Waals surface area contributed by atoms with Gasteiger partial charge < -0.3 is 19.3 Å². The number of hydrogen-bond acceptors (Lipinski definition) is 4. The lowest BCUT2D eigenvalue weighted by molar-refractivity contribution is -0.917. The molecule has 7 heteroatoms. The second kappa shape index (κ2) is 7.70. The third-order valence-corrected chi connectivity index (χ3v) is 5.70. The monoisotopic (exact) mass is 391 g/mol. The molecule has 4 rings (SSSR count). The molecule has 0 bridgehead atoms. The Bertz CT molecular complexity index is 814. The van der Waals surface area contributed by atoms with Crippen molar-refractivity contribution in [3.05, 3.63) is 51.2 Å². The maximum Gasteiger partial charge on any atom is 0.246 e. The number of carbonyl (C=O) groups excluding carboxylic acids is 1. The third kappa shape index (κ3) is 3.87. The minimum absolute atomic E-state index is 0.0355. The largest absolute Gasteiger partial charge is 0.454 e. The number of quaternary nitrogens is 1. The summed E-state index contributed by atoms with van der Waals surface area (Å²) < 4.78 is 10.7. The number of thiophene rings is 1. The van der Waals surface area contributed by atoms with Gasteiger partial charge in [-0.25, -0.2) is 0 Å². The van der Waals surface area contributed by atoms with E-state index >= 15 is 0 Å². The summed E-state index contributed by atoms with van der Waals surface area (Å²) in [6.45, 7) is 4.74. The molecule has 1 saturated heterocycles. The zero-order chi connectivity index (χ0) is 17.9. The molecule has 1 amide bonds. The van der Waals surface area contributed by atoms with Crippen LogP contribution in [0.2, 0.25) is 5.02 Å². The number of halogens is 1. The van der Waals surface area contributed by atoms with Crippen molar-refractivity contribution in [3.63, 3.8) is 0 Å². The maximum atomic E-state index is 12.5. The first kappa shape index (κ1) is 17.4. The topological polar surface area (TPSA) is 43.2 Å². The van der Waals surface area contributed by atoms with Crippen LogP contribution in [-0.4, -0.2) is 43.8 Å². The van der Waals surface area contributed by atoms with Crippen LogP contribution in [0.4, 0.5) is 0 Å². The first-order chi connectivity index (χ1) is 12.7. The fourth-order valence-electron chi connectivity index (χ4n) is 3.26. The van der Waals surface area contributed by atoms with E-state index in [0.717, 1.165) is 38.3 Å². The molecule has 0 radical (unpaired) electrons. The lowest BCUT2D eigenvalue weighted by Crippen LogP contribution is -3.13. The molecule has 1 aromatic carbocycles. The van der Waals surface area contributed by atoms with Gasteiger partial charge in [0.05, 0.1) is 31.2 Å². The lowest BCUT2D eigenvalue weighted by Gasteiger charge is -2.31. The number of fused-ring (bicyclic) bond motifs is 1. The standard InChI is InChI=1S/C19H19ClN2O3S/c20-16-9-14(10-17-19(16)25-13-24-17)1-2-18(23)22-6-4-21(5-7-22)11-15-3-8-26-12-15/h1-3,8-10,12H,4-7,11,13H2/p+1/b2-1+. The van der Waals surface area contributed by atoms with E-state index < -0.39 is 0 Å². The Kier molecular flexibility index (Phi) is 5.15. The van der Waals surface area contributed by atoms with E-state index in [2.05, 4.69) is 16.8 Å². The van der Waals surface area contributed by atoms with Gasteiger partial charge >= 0.3 is 0 Å². The minimum atomic E-state index is 0.0355. The SMILES string of the molecule is O=C(/C=C/c1cc(Cl)c2c(c1)OCO2)N1CC[NH+](Cc2ccsc2)CC1. The quantitative estimate of drug-likeness (QED) is 0.811. The molecule has 0 saturated carbocycles. The number of ether oxygens (including phenoxy) is 2. The van der Waals surface area contributed by atoms with Crippen molar-refractivity contribution in [2.75, 3.05) is 33.0 Å². The van der Waals surface area contributed by atoms with Crippen LogP contribution in [0.25, 0.3) is 6.08 Å². The van der Waals surface area contributed by atoms with E-state index in [1.165, 1.54) is 10.5 Å². The number of carbonyl (C=O) groups is 1. The summed E-state index contributed by atoms with van der Waals surface area (Å²) in [4.78, 5) is 15.9. The molecule has 2 aromatic rings. The summed E-state index contributed by atoms with van der Waals surface area (Å²) in [7, 11) is 0. The molecule has 2 aliphatic heterocycles. The van der Waals surface area contributed by atoms with Crippen molar-refractivity contribution in [3.8, 4) is 11.5 Å².